The zero-order valence-electron chi connectivity index (χ0n) is 14.6. The van der Waals surface area contributed by atoms with Crippen molar-refractivity contribution in [1.29, 1.82) is 0 Å². The predicted octanol–water partition coefficient (Wildman–Crippen LogP) is 5.25. The largest absolute Gasteiger partial charge is 0.316 e. The molecule has 3 saturated carbocycles. The molecule has 122 valence electrons. The summed E-state index contributed by atoms with van der Waals surface area (Å²) in [7, 11) is 2.24. The highest BCUT2D eigenvalue weighted by Gasteiger charge is 2.39. The van der Waals surface area contributed by atoms with Gasteiger partial charge in [0.15, 0.2) is 0 Å². The van der Waals surface area contributed by atoms with Crippen LogP contribution in [0.15, 0.2) is 0 Å². The van der Waals surface area contributed by atoms with E-state index in [2.05, 4.69) is 26.2 Å². The van der Waals surface area contributed by atoms with Crippen molar-refractivity contribution < 1.29 is 0 Å². The second-order valence-corrected chi connectivity index (χ2v) is 8.72. The Bertz CT molecular complexity index is 326. The third-order valence-electron chi connectivity index (χ3n) is 7.57. The molecule has 21 heavy (non-hydrogen) atoms. The summed E-state index contributed by atoms with van der Waals surface area (Å²) in [5.41, 5.74) is 0. The molecular formula is C20H37N. The van der Waals surface area contributed by atoms with Gasteiger partial charge in [-0.25, -0.2) is 0 Å². The first kappa shape index (κ1) is 15.8. The lowest BCUT2D eigenvalue weighted by Gasteiger charge is -2.45. The van der Waals surface area contributed by atoms with Gasteiger partial charge >= 0.3 is 0 Å². The van der Waals surface area contributed by atoms with Crippen molar-refractivity contribution in [1.82, 2.24) is 5.32 Å². The molecule has 1 N–H and O–H groups in total. The first-order chi connectivity index (χ1) is 10.2. The summed E-state index contributed by atoms with van der Waals surface area (Å²) < 4.78 is 0. The number of hydrogen-bond acceptors (Lipinski definition) is 1. The van der Waals surface area contributed by atoms with Gasteiger partial charge in [-0.15, -0.1) is 0 Å². The van der Waals surface area contributed by atoms with Crippen molar-refractivity contribution in [2.45, 2.75) is 84.1 Å². The van der Waals surface area contributed by atoms with Crippen LogP contribution in [0, 0.1) is 35.5 Å². The molecule has 3 fully saturated rings. The maximum Gasteiger partial charge on any atom is 0.0121 e. The van der Waals surface area contributed by atoms with E-state index in [9.17, 15) is 0 Å². The summed E-state index contributed by atoms with van der Waals surface area (Å²) in [5.74, 6) is 5.98. The summed E-state index contributed by atoms with van der Waals surface area (Å²) in [5, 5.41) is 3.77. The van der Waals surface area contributed by atoms with Crippen molar-refractivity contribution in [2.24, 2.45) is 35.5 Å². The molecule has 3 aliphatic carbocycles. The third-order valence-corrected chi connectivity index (χ3v) is 7.57. The standard InChI is InChI=1S/C20H37N/c1-14-8-9-18(12-15(14)2)20(21-3)19-11-10-16-6-4-5-7-17(16)13-19/h14-21H,4-13H2,1-3H3. The lowest BCUT2D eigenvalue weighted by atomic mass is 9.63. The zero-order valence-corrected chi connectivity index (χ0v) is 14.6. The van der Waals surface area contributed by atoms with Crippen molar-refractivity contribution >= 4 is 0 Å². The fourth-order valence-corrected chi connectivity index (χ4v) is 6.01. The van der Waals surface area contributed by atoms with Gasteiger partial charge in [0, 0.05) is 6.04 Å². The first-order valence-electron chi connectivity index (χ1n) is 9.86. The lowest BCUT2D eigenvalue weighted by molar-refractivity contribution is 0.0740. The minimum absolute atomic E-state index is 0.808. The van der Waals surface area contributed by atoms with Crippen molar-refractivity contribution in [2.75, 3.05) is 7.05 Å². The number of rotatable bonds is 3. The Labute approximate surface area is 132 Å². The molecule has 3 rings (SSSR count). The van der Waals surface area contributed by atoms with E-state index in [-0.39, 0.29) is 0 Å². The molecule has 1 heteroatoms. The fourth-order valence-electron chi connectivity index (χ4n) is 6.01. The molecule has 1 nitrogen and oxygen atoms in total. The van der Waals surface area contributed by atoms with Gasteiger partial charge in [0.05, 0.1) is 0 Å². The summed E-state index contributed by atoms with van der Waals surface area (Å²) >= 11 is 0. The second kappa shape index (κ2) is 7.02. The Hall–Kier alpha value is -0.0400. The highest BCUT2D eigenvalue weighted by molar-refractivity contribution is 4.92. The van der Waals surface area contributed by atoms with Gasteiger partial charge in [-0.2, -0.15) is 0 Å². The molecule has 0 saturated heterocycles. The summed E-state index contributed by atoms with van der Waals surface area (Å²) in [4.78, 5) is 0. The van der Waals surface area contributed by atoms with E-state index in [1.807, 2.05) is 0 Å². The van der Waals surface area contributed by atoms with Crippen LogP contribution in [0.2, 0.25) is 0 Å². The van der Waals surface area contributed by atoms with Crippen LogP contribution in [0.4, 0.5) is 0 Å². The van der Waals surface area contributed by atoms with Gasteiger partial charge in [0.1, 0.15) is 0 Å². The van der Waals surface area contributed by atoms with Crippen LogP contribution >= 0.6 is 0 Å². The highest BCUT2D eigenvalue weighted by Crippen LogP contribution is 2.46. The third kappa shape index (κ3) is 3.49. The predicted molar refractivity (Wildman–Crippen MR) is 91.3 cm³/mol. The molecule has 0 spiro atoms. The van der Waals surface area contributed by atoms with E-state index < -0.39 is 0 Å². The Morgan fingerprint density at radius 1 is 0.714 bits per heavy atom. The van der Waals surface area contributed by atoms with E-state index >= 15 is 0 Å². The van der Waals surface area contributed by atoms with Crippen LogP contribution in [0.3, 0.4) is 0 Å². The molecule has 0 radical (unpaired) electrons. The van der Waals surface area contributed by atoms with Crippen molar-refractivity contribution in [3.8, 4) is 0 Å². The normalized spacial score (nSPS) is 45.9. The maximum absolute atomic E-state index is 3.77. The number of fused-ring (bicyclic) bond motifs is 1. The average Bonchev–Trinajstić information content (AvgIpc) is 2.51. The lowest BCUT2D eigenvalue weighted by Crippen LogP contribution is -2.45. The van der Waals surface area contributed by atoms with Gasteiger partial charge in [0.25, 0.3) is 0 Å². The van der Waals surface area contributed by atoms with E-state index in [0.717, 1.165) is 41.5 Å². The van der Waals surface area contributed by atoms with Gasteiger partial charge in [-0.3, -0.25) is 0 Å². The van der Waals surface area contributed by atoms with Crippen LogP contribution < -0.4 is 5.32 Å². The van der Waals surface area contributed by atoms with Crippen LogP contribution in [-0.2, 0) is 0 Å². The van der Waals surface area contributed by atoms with E-state index in [0.29, 0.717) is 0 Å². The smallest absolute Gasteiger partial charge is 0.0121 e. The second-order valence-electron chi connectivity index (χ2n) is 8.72. The Morgan fingerprint density at radius 2 is 1.38 bits per heavy atom. The minimum Gasteiger partial charge on any atom is -0.316 e. The quantitative estimate of drug-likeness (QED) is 0.748. The average molecular weight is 292 g/mol. The Kier molecular flexibility index (Phi) is 5.30. The Morgan fingerprint density at radius 3 is 2.10 bits per heavy atom. The minimum atomic E-state index is 0.808. The van der Waals surface area contributed by atoms with Gasteiger partial charge in [-0.1, -0.05) is 46.0 Å². The topological polar surface area (TPSA) is 12.0 Å². The molecule has 0 bridgehead atoms. The van der Waals surface area contributed by atoms with E-state index in [1.165, 1.54) is 57.8 Å². The summed E-state index contributed by atoms with van der Waals surface area (Å²) in [6, 6.07) is 0.808. The number of nitrogens with one attached hydrogen (secondary N) is 1. The van der Waals surface area contributed by atoms with Crippen molar-refractivity contribution in [3.63, 3.8) is 0 Å². The fraction of sp³-hybridized carbons (Fsp3) is 1.00. The monoisotopic (exact) mass is 291 g/mol. The van der Waals surface area contributed by atoms with Crippen LogP contribution in [0.1, 0.15) is 78.1 Å². The van der Waals surface area contributed by atoms with Gasteiger partial charge in [0.2, 0.25) is 0 Å². The highest BCUT2D eigenvalue weighted by atomic mass is 14.9. The van der Waals surface area contributed by atoms with Crippen LogP contribution in [-0.4, -0.2) is 13.1 Å². The molecule has 0 aliphatic heterocycles. The van der Waals surface area contributed by atoms with E-state index in [1.54, 1.807) is 6.42 Å². The molecule has 7 atom stereocenters. The summed E-state index contributed by atoms with van der Waals surface area (Å²) in [6.07, 6.45) is 15.1. The molecule has 0 aromatic rings. The molecule has 3 aliphatic rings. The van der Waals surface area contributed by atoms with Crippen LogP contribution in [0.25, 0.3) is 0 Å². The van der Waals surface area contributed by atoms with Gasteiger partial charge in [-0.05, 0) is 74.7 Å². The van der Waals surface area contributed by atoms with E-state index in [4.69, 9.17) is 0 Å². The number of hydrogen-bond donors (Lipinski definition) is 1. The molecular weight excluding hydrogens is 254 g/mol. The molecule has 0 aromatic carbocycles. The van der Waals surface area contributed by atoms with Gasteiger partial charge < -0.3 is 5.32 Å². The van der Waals surface area contributed by atoms with Crippen molar-refractivity contribution in [3.05, 3.63) is 0 Å². The SMILES string of the molecule is CNC(C1CCC(C)C(C)C1)C1CCC2CCCCC2C1. The molecule has 0 heterocycles. The van der Waals surface area contributed by atoms with Crippen LogP contribution in [0.5, 0.6) is 0 Å². The maximum atomic E-state index is 3.77. The molecule has 0 amide bonds. The summed E-state index contributed by atoms with van der Waals surface area (Å²) in [6.45, 7) is 4.95. The zero-order chi connectivity index (χ0) is 14.8. The Balaban J connectivity index is 1.60. The molecule has 0 aromatic heterocycles. The first-order valence-corrected chi connectivity index (χ1v) is 9.86. The molecule has 7 unspecified atom stereocenters.